The Morgan fingerprint density at radius 1 is 0.969 bits per heavy atom. The summed E-state index contributed by atoms with van der Waals surface area (Å²) in [5, 5.41) is 0. The van der Waals surface area contributed by atoms with Crippen LogP contribution < -0.4 is 10.5 Å². The molecule has 0 saturated carbocycles. The Balaban J connectivity index is 1.84. The molecule has 0 spiro atoms. The number of nitrogens with two attached hydrogens (primary N) is 1. The first kappa shape index (κ1) is 22.2. The smallest absolute Gasteiger partial charge is 0.250 e. The standard InChI is InChI=1S/C28H34N2O2/c1-18-22(26(29)31)16-25(30(18)17-19-7-10-21(32-6)11-8-19)20-9-12-23-24(15-20)28(4,5)14-13-27(23,2)3/h7-12,15-16H,13-14,17H2,1-6H3,(H2,29,31). The van der Waals surface area contributed by atoms with Gasteiger partial charge in [0.25, 0.3) is 5.91 Å². The number of hydrogen-bond donors (Lipinski definition) is 1. The number of aromatic nitrogens is 1. The molecule has 4 heteroatoms. The molecule has 4 rings (SSSR count). The number of hydrogen-bond acceptors (Lipinski definition) is 2. The highest BCUT2D eigenvalue weighted by Crippen LogP contribution is 2.47. The fourth-order valence-electron chi connectivity index (χ4n) is 5.00. The van der Waals surface area contributed by atoms with Crippen LogP contribution in [0.3, 0.4) is 0 Å². The minimum Gasteiger partial charge on any atom is -0.497 e. The van der Waals surface area contributed by atoms with Crippen LogP contribution in [0.1, 0.15) is 73.3 Å². The molecule has 2 aromatic carbocycles. The Hall–Kier alpha value is -3.01. The third-order valence-electron chi connectivity index (χ3n) is 7.28. The van der Waals surface area contributed by atoms with Gasteiger partial charge in [-0.2, -0.15) is 0 Å². The molecule has 1 aliphatic rings. The first-order valence-corrected chi connectivity index (χ1v) is 11.3. The van der Waals surface area contributed by atoms with Crippen molar-refractivity contribution in [3.63, 3.8) is 0 Å². The number of carbonyl (C=O) groups excluding carboxylic acids is 1. The van der Waals surface area contributed by atoms with Crippen LogP contribution in [0.5, 0.6) is 5.75 Å². The van der Waals surface area contributed by atoms with Crippen molar-refractivity contribution < 1.29 is 9.53 Å². The van der Waals surface area contributed by atoms with Crippen LogP contribution in [0.25, 0.3) is 11.3 Å². The SMILES string of the molecule is COc1ccc(Cn2c(-c3ccc4c(c3)C(C)(C)CCC4(C)C)cc(C(N)=O)c2C)cc1. The van der Waals surface area contributed by atoms with Crippen molar-refractivity contribution >= 4 is 5.91 Å². The summed E-state index contributed by atoms with van der Waals surface area (Å²) in [6, 6.07) is 16.8. The molecule has 2 N–H and O–H groups in total. The first-order chi connectivity index (χ1) is 15.0. The summed E-state index contributed by atoms with van der Waals surface area (Å²) in [4.78, 5) is 12.2. The number of methoxy groups -OCH3 is 1. The normalized spacial score (nSPS) is 16.4. The van der Waals surface area contributed by atoms with Crippen LogP contribution in [0, 0.1) is 6.92 Å². The van der Waals surface area contributed by atoms with Gasteiger partial charge in [-0.3, -0.25) is 4.79 Å². The van der Waals surface area contributed by atoms with E-state index >= 15 is 0 Å². The van der Waals surface area contributed by atoms with Crippen LogP contribution in [-0.2, 0) is 17.4 Å². The van der Waals surface area contributed by atoms with Gasteiger partial charge in [-0.15, -0.1) is 0 Å². The molecule has 1 amide bonds. The number of ether oxygens (including phenoxy) is 1. The van der Waals surface area contributed by atoms with Gasteiger partial charge in [-0.1, -0.05) is 52.0 Å². The van der Waals surface area contributed by atoms with E-state index in [1.165, 1.54) is 17.5 Å². The quantitative estimate of drug-likeness (QED) is 0.542. The van der Waals surface area contributed by atoms with Crippen LogP contribution in [0.15, 0.2) is 48.5 Å². The highest BCUT2D eigenvalue weighted by atomic mass is 16.5. The monoisotopic (exact) mass is 430 g/mol. The van der Waals surface area contributed by atoms with Crippen LogP contribution in [0.4, 0.5) is 0 Å². The second kappa shape index (κ2) is 7.84. The summed E-state index contributed by atoms with van der Waals surface area (Å²) in [5.41, 5.74) is 13.6. The minimum absolute atomic E-state index is 0.121. The number of carbonyl (C=O) groups is 1. The van der Waals surface area contributed by atoms with Crippen LogP contribution in [0.2, 0.25) is 0 Å². The number of nitrogens with zero attached hydrogens (tertiary/aromatic N) is 1. The van der Waals surface area contributed by atoms with E-state index in [2.05, 4.69) is 62.6 Å². The largest absolute Gasteiger partial charge is 0.497 e. The van der Waals surface area contributed by atoms with Gasteiger partial charge in [0.1, 0.15) is 5.75 Å². The predicted molar refractivity (Wildman–Crippen MR) is 131 cm³/mol. The van der Waals surface area contributed by atoms with Crippen molar-refractivity contribution in [2.45, 2.75) is 64.8 Å². The molecule has 168 valence electrons. The predicted octanol–water partition coefficient (Wildman–Crippen LogP) is 5.97. The first-order valence-electron chi connectivity index (χ1n) is 11.3. The van der Waals surface area contributed by atoms with E-state index in [1.807, 2.05) is 25.1 Å². The van der Waals surface area contributed by atoms with E-state index in [-0.39, 0.29) is 10.8 Å². The fourth-order valence-corrected chi connectivity index (χ4v) is 5.00. The van der Waals surface area contributed by atoms with Gasteiger partial charge in [-0.05, 0) is 77.1 Å². The summed E-state index contributed by atoms with van der Waals surface area (Å²) in [7, 11) is 1.67. The summed E-state index contributed by atoms with van der Waals surface area (Å²) < 4.78 is 7.49. The van der Waals surface area contributed by atoms with Crippen molar-refractivity contribution in [1.82, 2.24) is 4.57 Å². The number of rotatable bonds is 5. The molecule has 0 radical (unpaired) electrons. The Morgan fingerprint density at radius 2 is 1.59 bits per heavy atom. The van der Waals surface area contributed by atoms with E-state index in [1.54, 1.807) is 7.11 Å². The van der Waals surface area contributed by atoms with Crippen molar-refractivity contribution in [1.29, 1.82) is 0 Å². The molecule has 0 aliphatic heterocycles. The molecule has 0 saturated heterocycles. The molecular formula is C28H34N2O2. The van der Waals surface area contributed by atoms with Crippen LogP contribution in [-0.4, -0.2) is 17.6 Å². The van der Waals surface area contributed by atoms with Crippen molar-refractivity contribution in [2.24, 2.45) is 5.73 Å². The Bertz CT molecular complexity index is 1170. The summed E-state index contributed by atoms with van der Waals surface area (Å²) in [5.74, 6) is 0.437. The number of primary amides is 1. The molecule has 0 unspecified atom stereocenters. The molecule has 1 aromatic heterocycles. The average molecular weight is 431 g/mol. The highest BCUT2D eigenvalue weighted by Gasteiger charge is 2.37. The van der Waals surface area contributed by atoms with E-state index < -0.39 is 5.91 Å². The van der Waals surface area contributed by atoms with E-state index in [4.69, 9.17) is 10.5 Å². The molecule has 32 heavy (non-hydrogen) atoms. The second-order valence-electron chi connectivity index (χ2n) is 10.4. The zero-order valence-electron chi connectivity index (χ0n) is 20.1. The topological polar surface area (TPSA) is 57.2 Å². The summed E-state index contributed by atoms with van der Waals surface area (Å²) in [6.45, 7) is 12.0. The zero-order chi connectivity index (χ0) is 23.3. The average Bonchev–Trinajstić information content (AvgIpc) is 3.08. The van der Waals surface area contributed by atoms with Gasteiger partial charge in [0, 0.05) is 17.9 Å². The second-order valence-corrected chi connectivity index (χ2v) is 10.4. The Labute approximate surface area is 191 Å². The molecule has 1 heterocycles. The highest BCUT2D eigenvalue weighted by molar-refractivity contribution is 5.95. The molecule has 3 aromatic rings. The van der Waals surface area contributed by atoms with Gasteiger partial charge >= 0.3 is 0 Å². The maximum absolute atomic E-state index is 12.2. The third kappa shape index (κ3) is 3.83. The van der Waals surface area contributed by atoms with E-state index in [9.17, 15) is 4.79 Å². The zero-order valence-corrected chi connectivity index (χ0v) is 20.1. The lowest BCUT2D eigenvalue weighted by molar-refractivity contribution is 0.0999. The lowest BCUT2D eigenvalue weighted by atomic mass is 9.63. The Kier molecular flexibility index (Phi) is 5.44. The number of benzene rings is 2. The van der Waals surface area contributed by atoms with Crippen molar-refractivity contribution in [2.75, 3.05) is 7.11 Å². The molecule has 0 atom stereocenters. The maximum Gasteiger partial charge on any atom is 0.250 e. The van der Waals surface area contributed by atoms with Gasteiger partial charge < -0.3 is 15.0 Å². The van der Waals surface area contributed by atoms with Gasteiger partial charge in [0.15, 0.2) is 0 Å². The molecule has 1 aliphatic carbocycles. The molecule has 4 nitrogen and oxygen atoms in total. The Morgan fingerprint density at radius 3 is 2.19 bits per heavy atom. The van der Waals surface area contributed by atoms with Crippen LogP contribution >= 0.6 is 0 Å². The molecule has 0 bridgehead atoms. The van der Waals surface area contributed by atoms with Gasteiger partial charge in [0.05, 0.1) is 12.7 Å². The number of amides is 1. The molecule has 0 fully saturated rings. The molecular weight excluding hydrogens is 396 g/mol. The van der Waals surface area contributed by atoms with E-state index in [0.29, 0.717) is 12.1 Å². The van der Waals surface area contributed by atoms with E-state index in [0.717, 1.165) is 34.7 Å². The lowest BCUT2D eigenvalue weighted by Crippen LogP contribution is -2.33. The maximum atomic E-state index is 12.2. The fraction of sp³-hybridized carbons (Fsp3) is 0.393. The summed E-state index contributed by atoms with van der Waals surface area (Å²) in [6.07, 6.45) is 2.35. The van der Waals surface area contributed by atoms with Crippen molar-refractivity contribution in [3.8, 4) is 17.0 Å². The lowest BCUT2D eigenvalue weighted by Gasteiger charge is -2.42. The van der Waals surface area contributed by atoms with Crippen molar-refractivity contribution in [3.05, 3.63) is 76.5 Å². The van der Waals surface area contributed by atoms with Gasteiger partial charge in [0.2, 0.25) is 0 Å². The minimum atomic E-state index is -0.392. The number of fused-ring (bicyclic) bond motifs is 1. The summed E-state index contributed by atoms with van der Waals surface area (Å²) >= 11 is 0. The van der Waals surface area contributed by atoms with Gasteiger partial charge in [-0.25, -0.2) is 0 Å². The third-order valence-corrected chi connectivity index (χ3v) is 7.28.